The molecule has 0 saturated carbocycles. The smallest absolute Gasteiger partial charge is 0.407 e. The molecule has 1 aromatic rings. The molecule has 1 unspecified atom stereocenters. The molecule has 0 radical (unpaired) electrons. The minimum Gasteiger partial charge on any atom is -0.444 e. The maximum absolute atomic E-state index is 12.1. The Balaban J connectivity index is 2.94. The summed E-state index contributed by atoms with van der Waals surface area (Å²) in [7, 11) is 0. The lowest BCUT2D eigenvalue weighted by molar-refractivity contribution is 0.0497. The Kier molecular flexibility index (Phi) is 10.3. The summed E-state index contributed by atoms with van der Waals surface area (Å²) in [6.45, 7) is 8.93. The fourth-order valence-electron chi connectivity index (χ4n) is 2.77. The first-order chi connectivity index (χ1) is 12.7. The van der Waals surface area contributed by atoms with E-state index in [9.17, 15) is 9.90 Å². The molecule has 154 valence electrons. The number of hydrogen-bond donors (Lipinski definition) is 2. The molecule has 0 fully saturated rings. The van der Waals surface area contributed by atoms with Gasteiger partial charge in [-0.15, -0.1) is 23.2 Å². The highest BCUT2D eigenvalue weighted by atomic mass is 35.5. The molecule has 1 atom stereocenters. The van der Waals surface area contributed by atoms with Gasteiger partial charge in [0.25, 0.3) is 0 Å². The minimum atomic E-state index is -0.562. The van der Waals surface area contributed by atoms with Crippen LogP contribution in [0, 0.1) is 6.92 Å². The predicted octanol–water partition coefficient (Wildman–Crippen LogP) is 4.10. The number of rotatable bonds is 10. The van der Waals surface area contributed by atoms with Crippen molar-refractivity contribution in [3.63, 3.8) is 0 Å². The van der Waals surface area contributed by atoms with Crippen LogP contribution in [0.3, 0.4) is 0 Å². The third-order valence-electron chi connectivity index (χ3n) is 4.07. The van der Waals surface area contributed by atoms with Gasteiger partial charge in [-0.3, -0.25) is 0 Å². The number of benzene rings is 1. The van der Waals surface area contributed by atoms with Gasteiger partial charge in [0.05, 0.1) is 0 Å². The number of anilines is 1. The average Bonchev–Trinajstić information content (AvgIpc) is 2.55. The van der Waals surface area contributed by atoms with Crippen molar-refractivity contribution in [1.82, 2.24) is 5.32 Å². The Hall–Kier alpha value is -1.17. The van der Waals surface area contributed by atoms with E-state index in [1.165, 1.54) is 0 Å². The second-order valence-corrected chi connectivity index (χ2v) is 8.29. The number of halogens is 2. The number of carbonyl (C=O) groups is 1. The molecule has 0 heterocycles. The van der Waals surface area contributed by atoms with E-state index in [0.717, 1.165) is 16.8 Å². The summed E-state index contributed by atoms with van der Waals surface area (Å²) in [5.74, 6) is 1.04. The lowest BCUT2D eigenvalue weighted by atomic mass is 9.98. The zero-order valence-electron chi connectivity index (χ0n) is 16.7. The van der Waals surface area contributed by atoms with E-state index in [4.69, 9.17) is 27.9 Å². The summed E-state index contributed by atoms with van der Waals surface area (Å²) >= 11 is 11.8. The zero-order chi connectivity index (χ0) is 20.4. The lowest BCUT2D eigenvalue weighted by Crippen LogP contribution is -2.40. The van der Waals surface area contributed by atoms with Crippen LogP contribution in [0.25, 0.3) is 0 Å². The SMILES string of the molecule is Cc1ccc(N(CCCl)CCCl)cc1CC(CCO)NC(=O)OC(C)(C)C. The molecule has 0 aliphatic carbocycles. The molecule has 0 aliphatic heterocycles. The highest BCUT2D eigenvalue weighted by Gasteiger charge is 2.20. The van der Waals surface area contributed by atoms with Gasteiger partial charge in [-0.2, -0.15) is 0 Å². The average molecular weight is 419 g/mol. The molecule has 1 aromatic carbocycles. The summed E-state index contributed by atoms with van der Waals surface area (Å²) in [6, 6.07) is 6.01. The van der Waals surface area contributed by atoms with Crippen molar-refractivity contribution in [2.45, 2.75) is 52.2 Å². The number of nitrogens with one attached hydrogen (secondary N) is 1. The van der Waals surface area contributed by atoms with Crippen LogP contribution in [0.15, 0.2) is 18.2 Å². The molecule has 0 aromatic heterocycles. The van der Waals surface area contributed by atoms with E-state index >= 15 is 0 Å². The van der Waals surface area contributed by atoms with Crippen LogP contribution in [-0.4, -0.2) is 54.3 Å². The second-order valence-electron chi connectivity index (χ2n) is 7.54. The van der Waals surface area contributed by atoms with Gasteiger partial charge >= 0.3 is 6.09 Å². The number of hydrogen-bond acceptors (Lipinski definition) is 4. The van der Waals surface area contributed by atoms with E-state index in [1.54, 1.807) is 0 Å². The van der Waals surface area contributed by atoms with Crippen LogP contribution in [-0.2, 0) is 11.2 Å². The number of aryl methyl sites for hydroxylation is 1. The van der Waals surface area contributed by atoms with Crippen LogP contribution < -0.4 is 10.2 Å². The standard InChI is InChI=1S/C20H32Cl2N2O3/c1-15-5-6-18(24(10-8-21)11-9-22)14-16(15)13-17(7-12-25)23-19(26)27-20(2,3)4/h5-6,14,17,25H,7-13H2,1-4H3,(H,23,26). The van der Waals surface area contributed by atoms with Crippen molar-refractivity contribution < 1.29 is 14.6 Å². The lowest BCUT2D eigenvalue weighted by Gasteiger charge is -2.26. The van der Waals surface area contributed by atoms with Crippen LogP contribution in [0.2, 0.25) is 0 Å². The molecule has 0 bridgehead atoms. The predicted molar refractivity (Wildman–Crippen MR) is 113 cm³/mol. The Morgan fingerprint density at radius 3 is 2.41 bits per heavy atom. The van der Waals surface area contributed by atoms with E-state index in [2.05, 4.69) is 28.4 Å². The fourth-order valence-corrected chi connectivity index (χ4v) is 3.18. The molecule has 1 amide bonds. The number of aliphatic hydroxyl groups is 1. The van der Waals surface area contributed by atoms with Crippen molar-refractivity contribution in [2.24, 2.45) is 0 Å². The maximum atomic E-state index is 12.1. The van der Waals surface area contributed by atoms with Gasteiger partial charge in [-0.05, 0) is 63.8 Å². The number of alkyl halides is 2. The molecule has 5 nitrogen and oxygen atoms in total. The quantitative estimate of drug-likeness (QED) is 0.561. The third-order valence-corrected chi connectivity index (χ3v) is 4.41. The first-order valence-electron chi connectivity index (χ1n) is 9.27. The summed E-state index contributed by atoms with van der Waals surface area (Å²) in [5.41, 5.74) is 2.73. The third kappa shape index (κ3) is 9.04. The van der Waals surface area contributed by atoms with Crippen molar-refractivity contribution >= 4 is 35.0 Å². The number of alkyl carbamates (subject to hydrolysis) is 1. The second kappa shape index (κ2) is 11.6. The van der Waals surface area contributed by atoms with Crippen LogP contribution in [0.1, 0.15) is 38.3 Å². The van der Waals surface area contributed by atoms with Gasteiger partial charge in [-0.25, -0.2) is 4.79 Å². The van der Waals surface area contributed by atoms with Gasteiger partial charge in [-0.1, -0.05) is 6.07 Å². The number of aliphatic hydroxyl groups excluding tert-OH is 1. The van der Waals surface area contributed by atoms with Gasteiger partial charge in [0.2, 0.25) is 0 Å². The molecule has 0 spiro atoms. The summed E-state index contributed by atoms with van der Waals surface area (Å²) in [5, 5.41) is 12.3. The minimum absolute atomic E-state index is 0.0101. The van der Waals surface area contributed by atoms with E-state index in [1.807, 2.05) is 27.7 Å². The number of nitrogens with zero attached hydrogens (tertiary/aromatic N) is 1. The van der Waals surface area contributed by atoms with E-state index in [0.29, 0.717) is 37.7 Å². The Labute approximate surface area is 173 Å². The highest BCUT2D eigenvalue weighted by Crippen LogP contribution is 2.22. The summed E-state index contributed by atoms with van der Waals surface area (Å²) in [4.78, 5) is 14.3. The number of ether oxygens (including phenoxy) is 1. The normalized spacial score (nSPS) is 12.6. The van der Waals surface area contributed by atoms with Crippen molar-refractivity contribution in [3.05, 3.63) is 29.3 Å². The van der Waals surface area contributed by atoms with Crippen LogP contribution >= 0.6 is 23.2 Å². The maximum Gasteiger partial charge on any atom is 0.407 e. The summed E-state index contributed by atoms with van der Waals surface area (Å²) < 4.78 is 5.34. The molecule has 2 N–H and O–H groups in total. The molecular formula is C20H32Cl2N2O3. The van der Waals surface area contributed by atoms with Crippen LogP contribution in [0.4, 0.5) is 10.5 Å². The van der Waals surface area contributed by atoms with Gasteiger partial charge in [0.1, 0.15) is 5.60 Å². The topological polar surface area (TPSA) is 61.8 Å². The van der Waals surface area contributed by atoms with Gasteiger partial charge < -0.3 is 20.1 Å². The molecule has 27 heavy (non-hydrogen) atoms. The monoisotopic (exact) mass is 418 g/mol. The molecule has 0 saturated heterocycles. The van der Waals surface area contributed by atoms with Crippen molar-refractivity contribution in [2.75, 3.05) is 36.4 Å². The zero-order valence-corrected chi connectivity index (χ0v) is 18.2. The van der Waals surface area contributed by atoms with Gasteiger partial charge in [0.15, 0.2) is 0 Å². The van der Waals surface area contributed by atoms with E-state index in [-0.39, 0.29) is 12.6 Å². The molecule has 1 rings (SSSR count). The Bertz CT molecular complexity index is 585. The first-order valence-corrected chi connectivity index (χ1v) is 10.3. The largest absolute Gasteiger partial charge is 0.444 e. The number of amides is 1. The number of carbonyl (C=O) groups excluding carboxylic acids is 1. The molecular weight excluding hydrogens is 387 g/mol. The van der Waals surface area contributed by atoms with Gasteiger partial charge in [0, 0.05) is 43.2 Å². The van der Waals surface area contributed by atoms with Crippen molar-refractivity contribution in [1.29, 1.82) is 0 Å². The Morgan fingerprint density at radius 2 is 1.89 bits per heavy atom. The highest BCUT2D eigenvalue weighted by molar-refractivity contribution is 6.18. The first kappa shape index (κ1) is 23.9. The van der Waals surface area contributed by atoms with Crippen molar-refractivity contribution in [3.8, 4) is 0 Å². The molecule has 7 heteroatoms. The fraction of sp³-hybridized carbons (Fsp3) is 0.650. The van der Waals surface area contributed by atoms with Crippen LogP contribution in [0.5, 0.6) is 0 Å². The van der Waals surface area contributed by atoms with E-state index < -0.39 is 11.7 Å². The Morgan fingerprint density at radius 1 is 1.26 bits per heavy atom. The summed E-state index contributed by atoms with van der Waals surface area (Å²) in [6.07, 6.45) is 0.589. The molecule has 0 aliphatic rings.